The topological polar surface area (TPSA) is 79.7 Å². The summed E-state index contributed by atoms with van der Waals surface area (Å²) >= 11 is 0. The van der Waals surface area contributed by atoms with Crippen LogP contribution in [-0.2, 0) is 9.53 Å². The summed E-state index contributed by atoms with van der Waals surface area (Å²) in [6, 6.07) is 1.90. The average molecular weight is 282 g/mol. The van der Waals surface area contributed by atoms with E-state index in [4.69, 9.17) is 9.84 Å². The summed E-state index contributed by atoms with van der Waals surface area (Å²) in [5.74, 6) is -2.70. The maximum absolute atomic E-state index is 12.8. The second-order valence-corrected chi connectivity index (χ2v) is 4.50. The van der Waals surface area contributed by atoms with E-state index in [2.05, 4.69) is 4.98 Å². The lowest BCUT2D eigenvalue weighted by Crippen LogP contribution is -2.46. The molecule has 1 saturated heterocycles. The molecule has 1 aliphatic rings. The molecule has 0 aliphatic carbocycles. The first-order chi connectivity index (χ1) is 9.54. The molecular weight excluding hydrogens is 267 g/mol. The molecule has 0 bridgehead atoms. The van der Waals surface area contributed by atoms with Gasteiger partial charge in [0.2, 0.25) is 0 Å². The summed E-state index contributed by atoms with van der Waals surface area (Å²) in [7, 11) is 0. The number of rotatable bonds is 4. The molecule has 1 aromatic heterocycles. The van der Waals surface area contributed by atoms with Crippen molar-refractivity contribution in [3.63, 3.8) is 0 Å². The Morgan fingerprint density at radius 3 is 2.80 bits per heavy atom. The summed E-state index contributed by atoms with van der Waals surface area (Å²) < 4.78 is 18.0. The molecule has 1 fully saturated rings. The minimum atomic E-state index is -0.995. The van der Waals surface area contributed by atoms with Gasteiger partial charge in [-0.25, -0.2) is 9.37 Å². The van der Waals surface area contributed by atoms with E-state index in [0.29, 0.717) is 6.54 Å². The van der Waals surface area contributed by atoms with E-state index in [0.717, 1.165) is 12.3 Å². The molecule has 1 N–H and O–H groups in total. The highest BCUT2D eigenvalue weighted by molar-refractivity contribution is 5.92. The van der Waals surface area contributed by atoms with Crippen LogP contribution in [0, 0.1) is 11.7 Å². The molecule has 2 heterocycles. The largest absolute Gasteiger partial charge is 0.481 e. The predicted molar refractivity (Wildman–Crippen MR) is 66.6 cm³/mol. The highest BCUT2D eigenvalue weighted by Gasteiger charge is 2.39. The SMILES string of the molecule is CCN(C(=O)c1ccc(F)cn1)C1COCC1C(=O)O. The van der Waals surface area contributed by atoms with E-state index in [1.165, 1.54) is 11.0 Å². The average Bonchev–Trinajstić information content (AvgIpc) is 2.89. The molecule has 0 aromatic carbocycles. The molecule has 2 unspecified atom stereocenters. The zero-order valence-electron chi connectivity index (χ0n) is 11.0. The Bertz CT molecular complexity index is 506. The molecule has 2 atom stereocenters. The first-order valence-corrected chi connectivity index (χ1v) is 6.27. The molecule has 0 spiro atoms. The van der Waals surface area contributed by atoms with Gasteiger partial charge in [-0.05, 0) is 19.1 Å². The van der Waals surface area contributed by atoms with Gasteiger partial charge in [-0.15, -0.1) is 0 Å². The Morgan fingerprint density at radius 2 is 2.25 bits per heavy atom. The van der Waals surface area contributed by atoms with Crippen molar-refractivity contribution in [1.82, 2.24) is 9.88 Å². The van der Waals surface area contributed by atoms with E-state index in [9.17, 15) is 14.0 Å². The zero-order chi connectivity index (χ0) is 14.7. The van der Waals surface area contributed by atoms with Crippen LogP contribution in [0.5, 0.6) is 0 Å². The predicted octanol–water partition coefficient (Wildman–Crippen LogP) is 0.782. The molecule has 0 saturated carbocycles. The number of nitrogens with zero attached hydrogens (tertiary/aromatic N) is 2. The van der Waals surface area contributed by atoms with Gasteiger partial charge < -0.3 is 14.7 Å². The summed E-state index contributed by atoms with van der Waals surface area (Å²) in [6.07, 6.45) is 0.959. The zero-order valence-corrected chi connectivity index (χ0v) is 11.0. The van der Waals surface area contributed by atoms with E-state index < -0.39 is 29.7 Å². The third-order valence-corrected chi connectivity index (χ3v) is 3.32. The molecule has 2 rings (SSSR count). The van der Waals surface area contributed by atoms with Crippen molar-refractivity contribution < 1.29 is 23.8 Å². The summed E-state index contributed by atoms with van der Waals surface area (Å²) in [5, 5.41) is 9.13. The number of carbonyl (C=O) groups is 2. The number of aliphatic carboxylic acids is 1. The number of amides is 1. The first-order valence-electron chi connectivity index (χ1n) is 6.27. The van der Waals surface area contributed by atoms with Crippen LogP contribution >= 0.6 is 0 Å². The summed E-state index contributed by atoms with van der Waals surface area (Å²) in [4.78, 5) is 28.6. The van der Waals surface area contributed by atoms with Gasteiger partial charge in [0.05, 0.1) is 25.5 Å². The number of aromatic nitrogens is 1. The van der Waals surface area contributed by atoms with Crippen molar-refractivity contribution in [2.24, 2.45) is 5.92 Å². The van der Waals surface area contributed by atoms with Crippen LogP contribution in [0.25, 0.3) is 0 Å². The molecule has 1 aromatic rings. The summed E-state index contributed by atoms with van der Waals surface area (Å²) in [5.41, 5.74) is 0.0873. The Kier molecular flexibility index (Phi) is 4.29. The van der Waals surface area contributed by atoms with Crippen LogP contribution in [0.4, 0.5) is 4.39 Å². The number of carbonyl (C=O) groups excluding carboxylic acids is 1. The highest BCUT2D eigenvalue weighted by Crippen LogP contribution is 2.21. The Balaban J connectivity index is 2.21. The van der Waals surface area contributed by atoms with Gasteiger partial charge in [0, 0.05) is 6.54 Å². The Morgan fingerprint density at radius 1 is 1.50 bits per heavy atom. The quantitative estimate of drug-likeness (QED) is 0.883. The smallest absolute Gasteiger partial charge is 0.311 e. The number of hydrogen-bond acceptors (Lipinski definition) is 4. The number of pyridine rings is 1. The summed E-state index contributed by atoms with van der Waals surface area (Å²) in [6.45, 7) is 2.34. The number of ether oxygens (including phenoxy) is 1. The van der Waals surface area contributed by atoms with Crippen LogP contribution < -0.4 is 0 Å². The third kappa shape index (κ3) is 2.77. The Labute approximate surface area is 115 Å². The molecule has 7 heteroatoms. The van der Waals surface area contributed by atoms with Crippen molar-refractivity contribution in [3.05, 3.63) is 29.8 Å². The van der Waals surface area contributed by atoms with E-state index in [1.807, 2.05) is 0 Å². The van der Waals surface area contributed by atoms with Crippen LogP contribution in [0.2, 0.25) is 0 Å². The number of hydrogen-bond donors (Lipinski definition) is 1. The number of halogens is 1. The number of carboxylic acid groups (broad SMARTS) is 1. The molecule has 108 valence electrons. The van der Waals surface area contributed by atoms with Crippen LogP contribution in [0.15, 0.2) is 18.3 Å². The first kappa shape index (κ1) is 14.4. The van der Waals surface area contributed by atoms with Crippen LogP contribution in [-0.4, -0.2) is 52.7 Å². The molecule has 0 radical (unpaired) electrons. The van der Waals surface area contributed by atoms with E-state index in [-0.39, 0.29) is 18.9 Å². The molecule has 20 heavy (non-hydrogen) atoms. The van der Waals surface area contributed by atoms with Gasteiger partial charge in [-0.1, -0.05) is 0 Å². The normalized spacial score (nSPS) is 21.7. The maximum atomic E-state index is 12.8. The highest BCUT2D eigenvalue weighted by atomic mass is 19.1. The van der Waals surface area contributed by atoms with Crippen LogP contribution in [0.1, 0.15) is 17.4 Å². The lowest BCUT2D eigenvalue weighted by atomic mass is 10.0. The fourth-order valence-corrected chi connectivity index (χ4v) is 2.26. The van der Waals surface area contributed by atoms with Gasteiger partial charge in [-0.2, -0.15) is 0 Å². The van der Waals surface area contributed by atoms with Gasteiger partial charge in [0.25, 0.3) is 5.91 Å². The van der Waals surface area contributed by atoms with Crippen LogP contribution in [0.3, 0.4) is 0 Å². The molecule has 1 amide bonds. The third-order valence-electron chi connectivity index (χ3n) is 3.32. The number of likely N-dealkylation sites (N-methyl/N-ethyl adjacent to an activating group) is 1. The fraction of sp³-hybridized carbons (Fsp3) is 0.462. The molecule has 6 nitrogen and oxygen atoms in total. The van der Waals surface area contributed by atoms with Gasteiger partial charge in [0.1, 0.15) is 17.4 Å². The minimum Gasteiger partial charge on any atom is -0.481 e. The molecular formula is C13H15FN2O4. The Hall–Kier alpha value is -2.02. The van der Waals surface area contributed by atoms with Gasteiger partial charge in [-0.3, -0.25) is 9.59 Å². The van der Waals surface area contributed by atoms with Crippen molar-refractivity contribution >= 4 is 11.9 Å². The number of carboxylic acids is 1. The van der Waals surface area contributed by atoms with E-state index in [1.54, 1.807) is 6.92 Å². The van der Waals surface area contributed by atoms with Crippen molar-refractivity contribution in [2.75, 3.05) is 19.8 Å². The van der Waals surface area contributed by atoms with Gasteiger partial charge >= 0.3 is 5.97 Å². The lowest BCUT2D eigenvalue weighted by molar-refractivity contribution is -0.142. The second kappa shape index (κ2) is 5.96. The maximum Gasteiger partial charge on any atom is 0.311 e. The van der Waals surface area contributed by atoms with E-state index >= 15 is 0 Å². The second-order valence-electron chi connectivity index (χ2n) is 4.50. The lowest BCUT2D eigenvalue weighted by Gasteiger charge is -2.28. The molecule has 1 aliphatic heterocycles. The van der Waals surface area contributed by atoms with Crippen molar-refractivity contribution in [1.29, 1.82) is 0 Å². The standard InChI is InChI=1S/C13H15FN2O4/c1-2-16(11-7-20-6-9(11)13(18)19)12(17)10-4-3-8(14)5-15-10/h3-5,9,11H,2,6-7H2,1H3,(H,18,19). The van der Waals surface area contributed by atoms with Crippen molar-refractivity contribution in [2.45, 2.75) is 13.0 Å². The monoisotopic (exact) mass is 282 g/mol. The van der Waals surface area contributed by atoms with Gasteiger partial charge in [0.15, 0.2) is 0 Å². The minimum absolute atomic E-state index is 0.0840. The van der Waals surface area contributed by atoms with Crippen molar-refractivity contribution in [3.8, 4) is 0 Å². The fourth-order valence-electron chi connectivity index (χ4n) is 2.26.